The zero-order valence-corrected chi connectivity index (χ0v) is 8.24. The van der Waals surface area contributed by atoms with Crippen LogP contribution in [0.1, 0.15) is 16.9 Å². The summed E-state index contributed by atoms with van der Waals surface area (Å²) in [5.74, 6) is 0.660. The molecule has 1 N–H and O–H groups in total. The summed E-state index contributed by atoms with van der Waals surface area (Å²) in [6.45, 7) is 0.133. The average Bonchev–Trinajstić information content (AvgIpc) is 2.53. The number of hydrogen-bond donors (Lipinski definition) is 1. The molecule has 0 atom stereocenters. The van der Waals surface area contributed by atoms with Crippen molar-refractivity contribution in [3.63, 3.8) is 0 Å². The van der Waals surface area contributed by atoms with Gasteiger partial charge in [0.1, 0.15) is 0 Å². The van der Waals surface area contributed by atoms with Crippen molar-refractivity contribution in [2.24, 2.45) is 0 Å². The molecule has 0 amide bonds. The SMILES string of the molecule is OCc1cc(C=CCCCl)cs1. The highest BCUT2D eigenvalue weighted by atomic mass is 35.5. The van der Waals surface area contributed by atoms with Crippen LogP contribution in [-0.2, 0) is 6.61 Å². The van der Waals surface area contributed by atoms with E-state index in [2.05, 4.69) is 0 Å². The summed E-state index contributed by atoms with van der Waals surface area (Å²) >= 11 is 7.08. The molecule has 0 aliphatic heterocycles. The van der Waals surface area contributed by atoms with Crippen LogP contribution in [0.2, 0.25) is 0 Å². The lowest BCUT2D eigenvalue weighted by Crippen LogP contribution is -1.72. The molecule has 1 rings (SSSR count). The number of aliphatic hydroxyl groups excluding tert-OH is 1. The van der Waals surface area contributed by atoms with Crippen molar-refractivity contribution in [3.05, 3.63) is 28.0 Å². The summed E-state index contributed by atoms with van der Waals surface area (Å²) in [6, 6.07) is 1.98. The smallest absolute Gasteiger partial charge is 0.0774 e. The molecule has 3 heteroatoms. The molecule has 66 valence electrons. The Morgan fingerprint density at radius 1 is 1.58 bits per heavy atom. The Kier molecular flexibility index (Phi) is 4.36. The molecule has 1 nitrogen and oxygen atoms in total. The highest BCUT2D eigenvalue weighted by Gasteiger charge is 1.93. The van der Waals surface area contributed by atoms with Crippen LogP contribution in [0.15, 0.2) is 17.5 Å². The molecule has 0 radical (unpaired) electrons. The molecule has 0 saturated carbocycles. The van der Waals surface area contributed by atoms with Gasteiger partial charge in [-0.25, -0.2) is 0 Å². The maximum atomic E-state index is 8.79. The van der Waals surface area contributed by atoms with Gasteiger partial charge in [-0.15, -0.1) is 22.9 Å². The number of allylic oxidation sites excluding steroid dienone is 1. The quantitative estimate of drug-likeness (QED) is 0.745. The van der Waals surface area contributed by atoms with Crippen LogP contribution in [0.5, 0.6) is 0 Å². The number of aliphatic hydroxyl groups is 1. The molecule has 12 heavy (non-hydrogen) atoms. The number of hydrogen-bond acceptors (Lipinski definition) is 2. The van der Waals surface area contributed by atoms with Crippen LogP contribution < -0.4 is 0 Å². The Hall–Kier alpha value is -0.310. The van der Waals surface area contributed by atoms with Gasteiger partial charge in [0.2, 0.25) is 0 Å². The highest BCUT2D eigenvalue weighted by molar-refractivity contribution is 7.10. The molecule has 0 bridgehead atoms. The molecule has 0 aromatic carbocycles. The molecule has 1 heterocycles. The molecule has 1 aromatic rings. The molecule has 1 aromatic heterocycles. The van der Waals surface area contributed by atoms with E-state index in [-0.39, 0.29) is 6.61 Å². The summed E-state index contributed by atoms with van der Waals surface area (Å²) in [5, 5.41) is 10.8. The Labute approximate surface area is 81.3 Å². The first-order valence-corrected chi connectivity index (χ1v) is 5.19. The lowest BCUT2D eigenvalue weighted by Gasteiger charge is -1.84. The first-order chi connectivity index (χ1) is 5.86. The average molecular weight is 203 g/mol. The Balaban J connectivity index is 2.51. The van der Waals surface area contributed by atoms with E-state index in [9.17, 15) is 0 Å². The van der Waals surface area contributed by atoms with E-state index < -0.39 is 0 Å². The van der Waals surface area contributed by atoms with Crippen LogP contribution in [0.4, 0.5) is 0 Å². The van der Waals surface area contributed by atoms with Gasteiger partial charge in [0.15, 0.2) is 0 Å². The molecule has 0 spiro atoms. The van der Waals surface area contributed by atoms with Crippen molar-refractivity contribution in [2.45, 2.75) is 13.0 Å². The van der Waals surface area contributed by atoms with Gasteiger partial charge < -0.3 is 5.11 Å². The summed E-state index contributed by atoms with van der Waals surface area (Å²) < 4.78 is 0. The first-order valence-electron chi connectivity index (χ1n) is 3.77. The number of rotatable bonds is 4. The zero-order valence-electron chi connectivity index (χ0n) is 6.66. The second kappa shape index (κ2) is 5.36. The van der Waals surface area contributed by atoms with Gasteiger partial charge in [0, 0.05) is 10.8 Å². The van der Waals surface area contributed by atoms with Gasteiger partial charge in [-0.05, 0) is 23.4 Å². The summed E-state index contributed by atoms with van der Waals surface area (Å²) in [4.78, 5) is 1.00. The van der Waals surface area contributed by atoms with Crippen molar-refractivity contribution >= 4 is 29.0 Å². The third kappa shape index (κ3) is 2.97. The molecular weight excluding hydrogens is 192 g/mol. The predicted octanol–water partition coefficient (Wildman–Crippen LogP) is 2.88. The van der Waals surface area contributed by atoms with E-state index in [0.29, 0.717) is 5.88 Å². The monoisotopic (exact) mass is 202 g/mol. The normalized spacial score (nSPS) is 11.2. The molecule has 0 fully saturated rings. The van der Waals surface area contributed by atoms with Gasteiger partial charge in [-0.2, -0.15) is 0 Å². The van der Waals surface area contributed by atoms with Crippen LogP contribution in [0.25, 0.3) is 6.08 Å². The minimum absolute atomic E-state index is 0.133. The topological polar surface area (TPSA) is 20.2 Å². The van der Waals surface area contributed by atoms with Gasteiger partial charge in [-0.3, -0.25) is 0 Å². The lowest BCUT2D eigenvalue weighted by atomic mass is 10.2. The molecule has 0 aliphatic carbocycles. The van der Waals surface area contributed by atoms with E-state index in [1.54, 1.807) is 11.3 Å². The van der Waals surface area contributed by atoms with Crippen molar-refractivity contribution in [1.82, 2.24) is 0 Å². The zero-order chi connectivity index (χ0) is 8.81. The van der Waals surface area contributed by atoms with Gasteiger partial charge in [0.05, 0.1) is 6.61 Å². The number of halogens is 1. The molecule has 0 aliphatic rings. The maximum Gasteiger partial charge on any atom is 0.0774 e. The van der Waals surface area contributed by atoms with Gasteiger partial charge in [-0.1, -0.05) is 12.2 Å². The lowest BCUT2D eigenvalue weighted by molar-refractivity contribution is 0.285. The van der Waals surface area contributed by atoms with Gasteiger partial charge in [0.25, 0.3) is 0 Å². The maximum absolute atomic E-state index is 8.79. The van der Waals surface area contributed by atoms with E-state index >= 15 is 0 Å². The number of alkyl halides is 1. The molecule has 0 unspecified atom stereocenters. The minimum Gasteiger partial charge on any atom is -0.391 e. The van der Waals surface area contributed by atoms with Crippen LogP contribution >= 0.6 is 22.9 Å². The third-order valence-electron chi connectivity index (χ3n) is 1.42. The Morgan fingerprint density at radius 2 is 2.42 bits per heavy atom. The Bertz CT molecular complexity index is 255. The van der Waals surface area contributed by atoms with E-state index in [4.69, 9.17) is 16.7 Å². The second-order valence-electron chi connectivity index (χ2n) is 2.38. The van der Waals surface area contributed by atoms with Crippen molar-refractivity contribution in [3.8, 4) is 0 Å². The van der Waals surface area contributed by atoms with Crippen molar-refractivity contribution in [2.75, 3.05) is 5.88 Å². The first kappa shape index (κ1) is 9.78. The highest BCUT2D eigenvalue weighted by Crippen LogP contribution is 2.15. The fraction of sp³-hybridized carbons (Fsp3) is 0.333. The van der Waals surface area contributed by atoms with Crippen LogP contribution in [0, 0.1) is 0 Å². The van der Waals surface area contributed by atoms with Crippen molar-refractivity contribution in [1.29, 1.82) is 0 Å². The van der Waals surface area contributed by atoms with Crippen LogP contribution in [-0.4, -0.2) is 11.0 Å². The van der Waals surface area contributed by atoms with Gasteiger partial charge >= 0.3 is 0 Å². The second-order valence-corrected chi connectivity index (χ2v) is 3.76. The number of thiophene rings is 1. The predicted molar refractivity (Wildman–Crippen MR) is 54.6 cm³/mol. The fourth-order valence-electron chi connectivity index (χ4n) is 0.850. The minimum atomic E-state index is 0.133. The summed E-state index contributed by atoms with van der Waals surface area (Å²) in [5.41, 5.74) is 1.15. The summed E-state index contributed by atoms with van der Waals surface area (Å²) in [6.07, 6.45) is 4.96. The van der Waals surface area contributed by atoms with Crippen molar-refractivity contribution < 1.29 is 5.11 Å². The molecule has 0 saturated heterocycles. The van der Waals surface area contributed by atoms with E-state index in [0.717, 1.165) is 16.9 Å². The standard InChI is InChI=1S/C9H11ClOS/c10-4-2-1-3-8-5-9(6-11)12-7-8/h1,3,5,7,11H,2,4,6H2. The largest absolute Gasteiger partial charge is 0.391 e. The van der Waals surface area contributed by atoms with Crippen LogP contribution in [0.3, 0.4) is 0 Å². The van der Waals surface area contributed by atoms with E-state index in [1.165, 1.54) is 0 Å². The molecular formula is C9H11ClOS. The van der Waals surface area contributed by atoms with E-state index in [1.807, 2.05) is 23.6 Å². The fourth-order valence-corrected chi connectivity index (χ4v) is 1.69. The summed E-state index contributed by atoms with van der Waals surface area (Å²) in [7, 11) is 0. The Morgan fingerprint density at radius 3 is 3.00 bits per heavy atom. The third-order valence-corrected chi connectivity index (χ3v) is 2.57.